The number of aryl methyl sites for hydroxylation is 1. The van der Waals surface area contributed by atoms with Crippen molar-refractivity contribution >= 4 is 11.6 Å². The lowest BCUT2D eigenvalue weighted by Gasteiger charge is -2.24. The molecule has 1 heterocycles. The quantitative estimate of drug-likeness (QED) is 0.405. The highest BCUT2D eigenvalue weighted by Gasteiger charge is 2.22. The van der Waals surface area contributed by atoms with Crippen molar-refractivity contribution in [1.82, 2.24) is 14.7 Å². The third kappa shape index (κ3) is 6.03. The van der Waals surface area contributed by atoms with Gasteiger partial charge >= 0.3 is 0 Å². The Hall–Kier alpha value is -2.54. The van der Waals surface area contributed by atoms with Crippen LogP contribution in [0.1, 0.15) is 37.9 Å². The molecule has 1 atom stereocenters. The van der Waals surface area contributed by atoms with E-state index in [0.29, 0.717) is 29.7 Å². The average molecular weight is 458 g/mol. The molecular formula is C25H32ClN3O3. The van der Waals surface area contributed by atoms with Crippen LogP contribution in [0.3, 0.4) is 0 Å². The fraction of sp³-hybridized carbons (Fsp3) is 0.400. The first-order chi connectivity index (χ1) is 15.4. The third-order valence-electron chi connectivity index (χ3n) is 5.33. The Labute approximate surface area is 195 Å². The van der Waals surface area contributed by atoms with E-state index in [2.05, 4.69) is 11.8 Å². The van der Waals surface area contributed by atoms with E-state index < -0.39 is 0 Å². The number of aliphatic hydroxyl groups is 1. The second-order valence-corrected chi connectivity index (χ2v) is 8.27. The molecule has 0 radical (unpaired) electrons. The van der Waals surface area contributed by atoms with Crippen molar-refractivity contribution in [1.29, 1.82) is 0 Å². The molecule has 0 saturated heterocycles. The van der Waals surface area contributed by atoms with E-state index in [4.69, 9.17) is 26.2 Å². The van der Waals surface area contributed by atoms with Gasteiger partial charge in [-0.3, -0.25) is 4.90 Å². The highest BCUT2D eigenvalue weighted by Crippen LogP contribution is 2.33. The summed E-state index contributed by atoms with van der Waals surface area (Å²) in [5.41, 5.74) is 2.68. The van der Waals surface area contributed by atoms with Gasteiger partial charge in [-0.2, -0.15) is 5.10 Å². The smallest absolute Gasteiger partial charge is 0.227 e. The van der Waals surface area contributed by atoms with Crippen molar-refractivity contribution < 1.29 is 14.6 Å². The zero-order valence-electron chi connectivity index (χ0n) is 19.2. The highest BCUT2D eigenvalue weighted by molar-refractivity contribution is 6.30. The third-order valence-corrected chi connectivity index (χ3v) is 5.56. The molecule has 0 aliphatic heterocycles. The topological polar surface area (TPSA) is 59.8 Å². The van der Waals surface area contributed by atoms with Gasteiger partial charge < -0.3 is 14.6 Å². The number of rotatable bonds is 11. The van der Waals surface area contributed by atoms with Crippen LogP contribution in [0.15, 0.2) is 48.5 Å². The largest absolute Gasteiger partial charge is 0.497 e. The van der Waals surface area contributed by atoms with E-state index in [-0.39, 0.29) is 6.10 Å². The fourth-order valence-electron chi connectivity index (χ4n) is 3.57. The fourth-order valence-corrected chi connectivity index (χ4v) is 3.75. The van der Waals surface area contributed by atoms with Crippen LogP contribution in [0, 0.1) is 6.92 Å². The highest BCUT2D eigenvalue weighted by atomic mass is 35.5. The number of hydrogen-bond acceptors (Lipinski definition) is 5. The Balaban J connectivity index is 2.02. The normalized spacial score (nSPS) is 12.2. The lowest BCUT2D eigenvalue weighted by atomic mass is 10.2. The van der Waals surface area contributed by atoms with Crippen molar-refractivity contribution in [3.63, 3.8) is 0 Å². The molecule has 1 aromatic heterocycles. The predicted octanol–water partition coefficient (Wildman–Crippen LogP) is 5.62. The van der Waals surface area contributed by atoms with Crippen LogP contribution in [0.5, 0.6) is 17.4 Å². The van der Waals surface area contributed by atoms with Gasteiger partial charge in [-0.1, -0.05) is 31.5 Å². The van der Waals surface area contributed by atoms with Gasteiger partial charge in [0, 0.05) is 18.1 Å². The van der Waals surface area contributed by atoms with E-state index in [1.807, 2.05) is 62.4 Å². The molecule has 3 aromatic rings. The Morgan fingerprint density at radius 1 is 1.12 bits per heavy atom. The Kier molecular flexibility index (Phi) is 8.56. The molecule has 172 valence electrons. The van der Waals surface area contributed by atoms with E-state index in [1.165, 1.54) is 0 Å². The molecule has 6 nitrogen and oxygen atoms in total. The van der Waals surface area contributed by atoms with Crippen LogP contribution in [0.4, 0.5) is 0 Å². The second kappa shape index (κ2) is 11.4. The summed E-state index contributed by atoms with van der Waals surface area (Å²) in [6, 6.07) is 15.0. The summed E-state index contributed by atoms with van der Waals surface area (Å²) in [5, 5.41) is 15.7. The number of aromatic nitrogens is 2. The molecule has 0 aliphatic rings. The molecule has 0 fully saturated rings. The molecule has 0 bridgehead atoms. The number of aliphatic hydroxyl groups excluding tert-OH is 1. The molecule has 0 unspecified atom stereocenters. The van der Waals surface area contributed by atoms with Crippen LogP contribution < -0.4 is 9.47 Å². The van der Waals surface area contributed by atoms with Crippen molar-refractivity contribution in [3.05, 3.63) is 64.8 Å². The van der Waals surface area contributed by atoms with Gasteiger partial charge in [0.25, 0.3) is 0 Å². The molecule has 1 N–H and O–H groups in total. The predicted molar refractivity (Wildman–Crippen MR) is 128 cm³/mol. The van der Waals surface area contributed by atoms with Gasteiger partial charge in [-0.15, -0.1) is 0 Å². The van der Waals surface area contributed by atoms with E-state index in [9.17, 15) is 5.11 Å². The van der Waals surface area contributed by atoms with Crippen LogP contribution in [0.2, 0.25) is 5.02 Å². The van der Waals surface area contributed by atoms with Crippen LogP contribution in [0.25, 0.3) is 5.69 Å². The zero-order chi connectivity index (χ0) is 23.1. The second-order valence-electron chi connectivity index (χ2n) is 7.84. The molecule has 2 aromatic carbocycles. The standard InChI is InChI=1S/C25H32ClN3O3/c1-5-14-28(16-21(30)6-2)17-24-18(3)27-29(20-9-7-8-19(26)15-20)25(24)32-23-12-10-22(31-4)11-13-23/h7-13,15,21,30H,5-6,14,16-17H2,1-4H3/t21-/m1/s1. The monoisotopic (exact) mass is 457 g/mol. The number of halogens is 1. The maximum Gasteiger partial charge on any atom is 0.227 e. The number of nitrogens with zero attached hydrogens (tertiary/aromatic N) is 3. The summed E-state index contributed by atoms with van der Waals surface area (Å²) in [4.78, 5) is 2.25. The molecule has 7 heteroatoms. The number of hydrogen-bond donors (Lipinski definition) is 1. The van der Waals surface area contributed by atoms with Gasteiger partial charge in [0.1, 0.15) is 11.5 Å². The van der Waals surface area contributed by atoms with Crippen LogP contribution in [-0.4, -0.2) is 46.1 Å². The molecule has 0 aliphatic carbocycles. The first kappa shape index (κ1) is 24.1. The maximum atomic E-state index is 10.2. The van der Waals surface area contributed by atoms with E-state index in [1.54, 1.807) is 11.8 Å². The van der Waals surface area contributed by atoms with Crippen LogP contribution in [-0.2, 0) is 6.54 Å². The summed E-state index contributed by atoms with van der Waals surface area (Å²) in [5.74, 6) is 2.09. The minimum absolute atomic E-state index is 0.365. The molecule has 3 rings (SSSR count). The summed E-state index contributed by atoms with van der Waals surface area (Å²) < 4.78 is 13.4. The van der Waals surface area contributed by atoms with Gasteiger partial charge in [-0.25, -0.2) is 4.68 Å². The SMILES string of the molecule is CCCN(Cc1c(C)nn(-c2cccc(Cl)c2)c1Oc1ccc(OC)cc1)C[C@H](O)CC. The molecular weight excluding hydrogens is 426 g/mol. The van der Waals surface area contributed by atoms with Gasteiger partial charge in [0.15, 0.2) is 0 Å². The summed E-state index contributed by atoms with van der Waals surface area (Å²) in [6.45, 7) is 8.23. The minimum atomic E-state index is -0.365. The summed E-state index contributed by atoms with van der Waals surface area (Å²) >= 11 is 6.25. The van der Waals surface area contributed by atoms with Crippen LogP contribution >= 0.6 is 11.6 Å². The van der Waals surface area contributed by atoms with E-state index >= 15 is 0 Å². The molecule has 0 saturated carbocycles. The van der Waals surface area contributed by atoms with Crippen molar-refractivity contribution in [2.45, 2.75) is 46.3 Å². The number of methoxy groups -OCH3 is 1. The Morgan fingerprint density at radius 2 is 1.84 bits per heavy atom. The summed E-state index contributed by atoms with van der Waals surface area (Å²) in [6.07, 6.45) is 1.35. The van der Waals surface area contributed by atoms with Gasteiger partial charge in [-0.05, 0) is 68.8 Å². The lowest BCUT2D eigenvalue weighted by Crippen LogP contribution is -2.32. The Morgan fingerprint density at radius 3 is 2.47 bits per heavy atom. The molecule has 0 spiro atoms. The van der Waals surface area contributed by atoms with Gasteiger partial charge in [0.2, 0.25) is 5.88 Å². The van der Waals surface area contributed by atoms with E-state index in [0.717, 1.165) is 42.1 Å². The first-order valence-electron chi connectivity index (χ1n) is 11.0. The van der Waals surface area contributed by atoms with Gasteiger partial charge in [0.05, 0.1) is 30.2 Å². The Bertz CT molecular complexity index is 1000. The zero-order valence-corrected chi connectivity index (χ0v) is 20.0. The van der Waals surface area contributed by atoms with Crippen molar-refractivity contribution in [2.24, 2.45) is 0 Å². The number of benzene rings is 2. The van der Waals surface area contributed by atoms with Crippen molar-refractivity contribution in [2.75, 3.05) is 20.2 Å². The first-order valence-corrected chi connectivity index (χ1v) is 11.4. The lowest BCUT2D eigenvalue weighted by molar-refractivity contribution is 0.105. The molecule has 32 heavy (non-hydrogen) atoms. The summed E-state index contributed by atoms with van der Waals surface area (Å²) in [7, 11) is 1.64. The maximum absolute atomic E-state index is 10.2. The molecule has 0 amide bonds. The average Bonchev–Trinajstić information content (AvgIpc) is 3.09. The van der Waals surface area contributed by atoms with Crippen molar-refractivity contribution in [3.8, 4) is 23.1 Å². The minimum Gasteiger partial charge on any atom is -0.497 e. The number of ether oxygens (including phenoxy) is 2.